The molecule has 0 radical (unpaired) electrons. The largest absolute Gasteiger partial charge is 0.493 e. The van der Waals surface area contributed by atoms with Crippen LogP contribution in [0.4, 0.5) is 0 Å². The molecule has 5 heteroatoms. The lowest BCUT2D eigenvalue weighted by molar-refractivity contribution is -0.131. The molecule has 22 heavy (non-hydrogen) atoms. The molecule has 1 aliphatic rings. The Bertz CT molecular complexity index is 481. The summed E-state index contributed by atoms with van der Waals surface area (Å²) in [4.78, 5) is 12.5. The van der Waals surface area contributed by atoms with Crippen molar-refractivity contribution in [3.05, 3.63) is 29.8 Å². The van der Waals surface area contributed by atoms with Crippen molar-refractivity contribution in [2.45, 2.75) is 39.0 Å². The molecule has 1 atom stereocenters. The number of ether oxygens (including phenoxy) is 1. The topological polar surface area (TPSA) is 64.4 Å². The second kappa shape index (κ2) is 8.39. The fourth-order valence-electron chi connectivity index (χ4n) is 2.98. The smallest absolute Gasteiger partial charge is 0.227 e. The molecule has 0 aliphatic carbocycles. The molecular formula is C17H27ClN2O2. The van der Waals surface area contributed by atoms with E-state index in [4.69, 9.17) is 10.5 Å². The van der Waals surface area contributed by atoms with E-state index < -0.39 is 5.41 Å². The van der Waals surface area contributed by atoms with E-state index in [1.165, 1.54) is 5.56 Å². The normalized spacial score (nSPS) is 17.0. The minimum Gasteiger partial charge on any atom is -0.493 e. The summed E-state index contributed by atoms with van der Waals surface area (Å²) in [5, 5.41) is 3.11. The van der Waals surface area contributed by atoms with Crippen LogP contribution in [0, 0.1) is 5.41 Å². The van der Waals surface area contributed by atoms with E-state index >= 15 is 0 Å². The van der Waals surface area contributed by atoms with Crippen molar-refractivity contribution in [1.29, 1.82) is 0 Å². The first-order valence-electron chi connectivity index (χ1n) is 7.87. The van der Waals surface area contributed by atoms with Crippen LogP contribution in [-0.4, -0.2) is 25.6 Å². The van der Waals surface area contributed by atoms with E-state index in [1.54, 1.807) is 0 Å². The van der Waals surface area contributed by atoms with Gasteiger partial charge in [0.05, 0.1) is 12.0 Å². The zero-order valence-electron chi connectivity index (χ0n) is 13.4. The summed E-state index contributed by atoms with van der Waals surface area (Å²) in [6, 6.07) is 8.07. The summed E-state index contributed by atoms with van der Waals surface area (Å²) in [6.07, 6.45) is 2.48. The average Bonchev–Trinajstić information content (AvgIpc) is 2.55. The van der Waals surface area contributed by atoms with E-state index in [1.807, 2.05) is 32.0 Å². The molecule has 4 nitrogen and oxygen atoms in total. The summed E-state index contributed by atoms with van der Waals surface area (Å²) in [5.74, 6) is 1.35. The molecule has 0 saturated carbocycles. The number of carbonyl (C=O) groups excluding carboxylic acids is 1. The number of benzene rings is 1. The van der Waals surface area contributed by atoms with Crippen LogP contribution in [0.5, 0.6) is 5.75 Å². The minimum absolute atomic E-state index is 0. The number of fused-ring (bicyclic) bond motifs is 1. The van der Waals surface area contributed by atoms with Gasteiger partial charge in [-0.25, -0.2) is 0 Å². The Labute approximate surface area is 139 Å². The number of nitrogens with one attached hydrogen (secondary N) is 1. The van der Waals surface area contributed by atoms with Crippen molar-refractivity contribution in [3.63, 3.8) is 0 Å². The van der Waals surface area contributed by atoms with Crippen molar-refractivity contribution in [3.8, 4) is 5.75 Å². The third kappa shape index (κ3) is 3.73. The Morgan fingerprint density at radius 2 is 2.05 bits per heavy atom. The maximum absolute atomic E-state index is 12.5. The first-order chi connectivity index (χ1) is 10.2. The number of halogens is 1. The molecule has 0 bridgehead atoms. The fraction of sp³-hybridized carbons (Fsp3) is 0.588. The first kappa shape index (κ1) is 18.8. The number of rotatable bonds is 6. The van der Waals surface area contributed by atoms with Crippen molar-refractivity contribution in [2.24, 2.45) is 11.1 Å². The summed E-state index contributed by atoms with van der Waals surface area (Å²) in [7, 11) is 0. The maximum Gasteiger partial charge on any atom is 0.227 e. The average molecular weight is 327 g/mol. The minimum atomic E-state index is -0.426. The number of amides is 1. The van der Waals surface area contributed by atoms with Gasteiger partial charge in [-0.2, -0.15) is 0 Å². The van der Waals surface area contributed by atoms with Crippen molar-refractivity contribution in [1.82, 2.24) is 5.32 Å². The van der Waals surface area contributed by atoms with Gasteiger partial charge in [0.25, 0.3) is 0 Å². The molecule has 1 aromatic rings. The van der Waals surface area contributed by atoms with Crippen LogP contribution in [0.1, 0.15) is 44.6 Å². The number of carbonyl (C=O) groups is 1. The Kier molecular flexibility index (Phi) is 7.17. The molecule has 1 aliphatic heterocycles. The fourth-order valence-corrected chi connectivity index (χ4v) is 2.98. The number of nitrogens with two attached hydrogens (primary N) is 1. The van der Waals surface area contributed by atoms with Gasteiger partial charge in [-0.15, -0.1) is 12.4 Å². The van der Waals surface area contributed by atoms with Gasteiger partial charge < -0.3 is 15.8 Å². The molecule has 0 saturated heterocycles. The lowest BCUT2D eigenvalue weighted by atomic mass is 9.81. The molecule has 0 spiro atoms. The SMILES string of the molecule is CCC(CC)(CN)C(=O)NCC1CCOc2ccccc21.Cl. The number of hydrogen-bond acceptors (Lipinski definition) is 3. The zero-order valence-corrected chi connectivity index (χ0v) is 14.2. The highest BCUT2D eigenvalue weighted by Gasteiger charge is 2.33. The maximum atomic E-state index is 12.5. The van der Waals surface area contributed by atoms with Gasteiger partial charge in [-0.3, -0.25) is 4.79 Å². The predicted octanol–water partition coefficient (Wildman–Crippen LogP) is 2.86. The van der Waals surface area contributed by atoms with Crippen LogP contribution in [0.25, 0.3) is 0 Å². The monoisotopic (exact) mass is 326 g/mol. The van der Waals surface area contributed by atoms with Gasteiger partial charge in [0.1, 0.15) is 5.75 Å². The molecule has 124 valence electrons. The van der Waals surface area contributed by atoms with E-state index in [-0.39, 0.29) is 18.3 Å². The molecular weight excluding hydrogens is 300 g/mol. The third-order valence-electron chi connectivity index (χ3n) is 4.82. The summed E-state index contributed by atoms with van der Waals surface area (Å²) in [5.41, 5.74) is 6.60. The van der Waals surface area contributed by atoms with Gasteiger partial charge in [-0.1, -0.05) is 32.0 Å². The van der Waals surface area contributed by atoms with Crippen LogP contribution >= 0.6 is 12.4 Å². The molecule has 0 aromatic heterocycles. The standard InChI is InChI=1S/C17H26N2O2.ClH/c1-3-17(4-2,12-18)16(20)19-11-13-9-10-21-15-8-6-5-7-14(13)15;/h5-8,13H,3-4,9-12,18H2,1-2H3,(H,19,20);1H. The second-order valence-corrected chi connectivity index (χ2v) is 5.77. The van der Waals surface area contributed by atoms with E-state index in [2.05, 4.69) is 11.4 Å². The lowest BCUT2D eigenvalue weighted by Crippen LogP contribution is -2.46. The van der Waals surface area contributed by atoms with Crippen LogP contribution < -0.4 is 15.8 Å². The van der Waals surface area contributed by atoms with E-state index in [0.29, 0.717) is 25.6 Å². The van der Waals surface area contributed by atoms with Crippen LogP contribution in [-0.2, 0) is 4.79 Å². The molecule has 2 rings (SSSR count). The molecule has 1 heterocycles. The predicted molar refractivity (Wildman–Crippen MR) is 91.6 cm³/mol. The van der Waals surface area contributed by atoms with Gasteiger partial charge in [0.15, 0.2) is 0 Å². The second-order valence-electron chi connectivity index (χ2n) is 5.77. The Morgan fingerprint density at radius 1 is 1.36 bits per heavy atom. The van der Waals surface area contributed by atoms with E-state index in [9.17, 15) is 4.79 Å². The van der Waals surface area contributed by atoms with Crippen LogP contribution in [0.15, 0.2) is 24.3 Å². The van der Waals surface area contributed by atoms with Gasteiger partial charge in [-0.05, 0) is 30.9 Å². The van der Waals surface area contributed by atoms with Gasteiger partial charge in [0, 0.05) is 19.0 Å². The van der Waals surface area contributed by atoms with Crippen LogP contribution in [0.3, 0.4) is 0 Å². The molecule has 1 aromatic carbocycles. The first-order valence-corrected chi connectivity index (χ1v) is 7.87. The molecule has 1 amide bonds. The molecule has 3 N–H and O–H groups in total. The van der Waals surface area contributed by atoms with Gasteiger partial charge >= 0.3 is 0 Å². The summed E-state index contributed by atoms with van der Waals surface area (Å²) >= 11 is 0. The molecule has 0 fully saturated rings. The highest BCUT2D eigenvalue weighted by atomic mass is 35.5. The lowest BCUT2D eigenvalue weighted by Gasteiger charge is -2.31. The highest BCUT2D eigenvalue weighted by Crippen LogP contribution is 2.33. The zero-order chi connectivity index (χ0) is 15.3. The Balaban J connectivity index is 0.00000242. The van der Waals surface area contributed by atoms with E-state index in [0.717, 1.165) is 25.0 Å². The van der Waals surface area contributed by atoms with Crippen LogP contribution in [0.2, 0.25) is 0 Å². The van der Waals surface area contributed by atoms with Crippen molar-refractivity contribution in [2.75, 3.05) is 19.7 Å². The highest BCUT2D eigenvalue weighted by molar-refractivity contribution is 5.85. The van der Waals surface area contributed by atoms with Gasteiger partial charge in [0.2, 0.25) is 5.91 Å². The van der Waals surface area contributed by atoms with Crippen molar-refractivity contribution >= 4 is 18.3 Å². The third-order valence-corrected chi connectivity index (χ3v) is 4.82. The Morgan fingerprint density at radius 3 is 2.68 bits per heavy atom. The molecule has 1 unspecified atom stereocenters. The number of hydrogen-bond donors (Lipinski definition) is 2. The Hall–Kier alpha value is -1.26. The van der Waals surface area contributed by atoms with Crippen molar-refractivity contribution < 1.29 is 9.53 Å². The number of para-hydroxylation sites is 1. The summed E-state index contributed by atoms with van der Waals surface area (Å²) in [6.45, 7) is 5.82. The quantitative estimate of drug-likeness (QED) is 0.845. The summed E-state index contributed by atoms with van der Waals surface area (Å²) < 4.78 is 5.66.